The Bertz CT molecular complexity index is 1580. The number of aliphatic imine (C=N–C) groups is 1. The standard InChI is InChI=1S/C28H31N5O3.C2HF3O2/c1-18(13-21-5-4-12-36-21)30-23-6-7-29-27(34)26(23)25-15-19-14-20-17-33(11-10-32-8-2-3-9-32)28(35)22(20)16-24(19)31-25;3-2(4,5)1(6)7/h4-7,12,14,16,18H,2-3,8-11,13,15,17H2,1H3,(H2,29,30,34);(H,6,7)/t18-;/m0./s1. The lowest BCUT2D eigenvalue weighted by atomic mass is 10.00. The van der Waals surface area contributed by atoms with Crippen molar-refractivity contribution in [2.45, 2.75) is 51.4 Å². The van der Waals surface area contributed by atoms with Gasteiger partial charge in [0, 0.05) is 50.3 Å². The quantitative estimate of drug-likeness (QED) is 0.350. The van der Waals surface area contributed by atoms with Gasteiger partial charge in [-0.1, -0.05) is 6.07 Å². The molecule has 228 valence electrons. The molecular weight excluding hydrogens is 567 g/mol. The summed E-state index contributed by atoms with van der Waals surface area (Å²) < 4.78 is 37.2. The largest absolute Gasteiger partial charge is 0.490 e. The molecule has 3 aromatic rings. The van der Waals surface area contributed by atoms with Crippen LogP contribution in [0.1, 0.15) is 52.6 Å². The van der Waals surface area contributed by atoms with E-state index in [1.54, 1.807) is 12.5 Å². The molecule has 1 atom stereocenters. The number of amides is 1. The summed E-state index contributed by atoms with van der Waals surface area (Å²) in [5.41, 5.74) is 5.51. The van der Waals surface area contributed by atoms with E-state index in [-0.39, 0.29) is 17.5 Å². The number of likely N-dealkylation sites (tertiary alicyclic amines) is 1. The Hall–Kier alpha value is -4.39. The van der Waals surface area contributed by atoms with Gasteiger partial charge in [-0.25, -0.2) is 4.79 Å². The van der Waals surface area contributed by atoms with Crippen LogP contribution in [0.15, 0.2) is 57.0 Å². The summed E-state index contributed by atoms with van der Waals surface area (Å²) in [5, 5.41) is 10.6. The number of aliphatic carboxylic acids is 1. The number of carboxylic acid groups (broad SMARTS) is 1. The summed E-state index contributed by atoms with van der Waals surface area (Å²) in [5.74, 6) is -1.78. The Kier molecular flexibility index (Phi) is 8.71. The zero-order valence-corrected chi connectivity index (χ0v) is 23.5. The van der Waals surface area contributed by atoms with Gasteiger partial charge in [-0.2, -0.15) is 13.2 Å². The number of furan rings is 1. The highest BCUT2D eigenvalue weighted by Crippen LogP contribution is 2.36. The molecule has 3 aliphatic rings. The van der Waals surface area contributed by atoms with E-state index < -0.39 is 12.1 Å². The average Bonchev–Trinajstić information content (AvgIpc) is 3.75. The summed E-state index contributed by atoms with van der Waals surface area (Å²) in [6, 6.07) is 9.79. The minimum Gasteiger partial charge on any atom is -0.475 e. The molecule has 0 saturated carbocycles. The highest BCUT2D eigenvalue weighted by molar-refractivity contribution is 6.10. The van der Waals surface area contributed by atoms with Crippen molar-refractivity contribution in [1.29, 1.82) is 0 Å². The smallest absolute Gasteiger partial charge is 0.475 e. The van der Waals surface area contributed by atoms with Crippen molar-refractivity contribution < 1.29 is 32.3 Å². The van der Waals surface area contributed by atoms with Gasteiger partial charge >= 0.3 is 12.1 Å². The molecule has 1 aromatic carbocycles. The molecule has 13 heteroatoms. The van der Waals surface area contributed by atoms with Crippen molar-refractivity contribution in [2.24, 2.45) is 4.99 Å². The van der Waals surface area contributed by atoms with E-state index in [4.69, 9.17) is 19.3 Å². The van der Waals surface area contributed by atoms with Gasteiger partial charge in [0.1, 0.15) is 5.76 Å². The molecule has 1 fully saturated rings. The zero-order chi connectivity index (χ0) is 30.7. The van der Waals surface area contributed by atoms with Crippen LogP contribution in [0.4, 0.5) is 24.5 Å². The lowest BCUT2D eigenvalue weighted by molar-refractivity contribution is -0.192. The fraction of sp³-hybridized carbons (Fsp3) is 0.400. The molecule has 1 amide bonds. The number of anilines is 1. The zero-order valence-electron chi connectivity index (χ0n) is 23.5. The molecule has 2 aromatic heterocycles. The number of nitrogens with zero attached hydrogens (tertiary/aromatic N) is 3. The number of hydrogen-bond donors (Lipinski definition) is 3. The van der Waals surface area contributed by atoms with Crippen molar-refractivity contribution in [3.63, 3.8) is 0 Å². The van der Waals surface area contributed by atoms with Crippen LogP contribution >= 0.6 is 0 Å². The highest BCUT2D eigenvalue weighted by Gasteiger charge is 2.38. The van der Waals surface area contributed by atoms with Gasteiger partial charge in [-0.15, -0.1) is 0 Å². The van der Waals surface area contributed by atoms with Crippen LogP contribution in [0.25, 0.3) is 0 Å². The first-order valence-electron chi connectivity index (χ1n) is 14.1. The Balaban J connectivity index is 0.000000472. The molecule has 0 bridgehead atoms. The number of H-pyrrole nitrogens is 1. The first-order chi connectivity index (χ1) is 20.5. The molecule has 5 heterocycles. The topological polar surface area (TPSA) is 131 Å². The minimum absolute atomic E-state index is 0.0639. The number of hydrogen-bond acceptors (Lipinski definition) is 7. The summed E-state index contributed by atoms with van der Waals surface area (Å²) >= 11 is 0. The molecule has 6 rings (SSSR count). The van der Waals surface area contributed by atoms with Crippen LogP contribution in [0.3, 0.4) is 0 Å². The molecule has 0 spiro atoms. The van der Waals surface area contributed by atoms with Gasteiger partial charge in [0.25, 0.3) is 11.5 Å². The summed E-state index contributed by atoms with van der Waals surface area (Å²) in [6.45, 7) is 6.68. The number of fused-ring (bicyclic) bond motifs is 2. The van der Waals surface area contributed by atoms with Gasteiger partial charge < -0.3 is 29.6 Å². The van der Waals surface area contributed by atoms with E-state index in [2.05, 4.69) is 28.2 Å². The summed E-state index contributed by atoms with van der Waals surface area (Å²) in [7, 11) is 0. The first-order valence-corrected chi connectivity index (χ1v) is 14.1. The van der Waals surface area contributed by atoms with E-state index in [9.17, 15) is 22.8 Å². The fourth-order valence-corrected chi connectivity index (χ4v) is 5.60. The molecule has 0 aliphatic carbocycles. The second kappa shape index (κ2) is 12.5. The van der Waals surface area contributed by atoms with Crippen LogP contribution in [0.2, 0.25) is 0 Å². The van der Waals surface area contributed by atoms with Crippen LogP contribution in [-0.4, -0.2) is 75.9 Å². The maximum atomic E-state index is 13.1. The van der Waals surface area contributed by atoms with Crippen molar-refractivity contribution in [2.75, 3.05) is 31.5 Å². The third-order valence-corrected chi connectivity index (χ3v) is 7.66. The molecule has 0 unspecified atom stereocenters. The van der Waals surface area contributed by atoms with Crippen molar-refractivity contribution in [3.8, 4) is 0 Å². The van der Waals surface area contributed by atoms with E-state index in [1.165, 1.54) is 12.8 Å². The van der Waals surface area contributed by atoms with Crippen LogP contribution in [0.5, 0.6) is 0 Å². The highest BCUT2D eigenvalue weighted by atomic mass is 19.4. The van der Waals surface area contributed by atoms with Gasteiger partial charge in [-0.3, -0.25) is 14.6 Å². The Morgan fingerprint density at radius 3 is 2.58 bits per heavy atom. The van der Waals surface area contributed by atoms with E-state index >= 15 is 0 Å². The molecule has 3 N–H and O–H groups in total. The number of aromatic nitrogens is 1. The second-order valence-electron chi connectivity index (χ2n) is 10.9. The predicted octanol–water partition coefficient (Wildman–Crippen LogP) is 4.37. The van der Waals surface area contributed by atoms with E-state index in [1.807, 2.05) is 29.2 Å². The number of pyridine rings is 1. The molecule has 10 nitrogen and oxygen atoms in total. The number of alkyl halides is 3. The Morgan fingerprint density at radius 1 is 1.16 bits per heavy atom. The molecule has 1 saturated heterocycles. The third kappa shape index (κ3) is 6.99. The lowest BCUT2D eigenvalue weighted by Crippen LogP contribution is -2.33. The van der Waals surface area contributed by atoms with Crippen LogP contribution in [0, 0.1) is 0 Å². The molecule has 3 aliphatic heterocycles. The normalized spacial score (nSPS) is 16.8. The number of nitrogens with one attached hydrogen (secondary N) is 2. The lowest BCUT2D eigenvalue weighted by Gasteiger charge is -2.20. The van der Waals surface area contributed by atoms with Gasteiger partial charge in [-0.05, 0) is 68.2 Å². The molecule has 0 radical (unpaired) electrons. The summed E-state index contributed by atoms with van der Waals surface area (Å²) in [6.07, 6.45) is 2.02. The van der Waals surface area contributed by atoms with Crippen molar-refractivity contribution in [1.82, 2.24) is 14.8 Å². The fourth-order valence-electron chi connectivity index (χ4n) is 5.60. The number of carboxylic acids is 1. The van der Waals surface area contributed by atoms with Gasteiger partial charge in [0.05, 0.1) is 28.9 Å². The van der Waals surface area contributed by atoms with Crippen molar-refractivity contribution in [3.05, 3.63) is 81.2 Å². The number of benzene rings is 1. The maximum Gasteiger partial charge on any atom is 0.490 e. The first kappa shape index (κ1) is 30.1. The number of aromatic amines is 1. The number of carbonyl (C=O) groups excluding carboxylic acids is 1. The molecule has 43 heavy (non-hydrogen) atoms. The summed E-state index contributed by atoms with van der Waals surface area (Å²) in [4.78, 5) is 46.9. The second-order valence-corrected chi connectivity index (χ2v) is 10.9. The average molecular weight is 600 g/mol. The monoisotopic (exact) mass is 599 g/mol. The van der Waals surface area contributed by atoms with Crippen LogP contribution < -0.4 is 10.9 Å². The minimum atomic E-state index is -5.08. The van der Waals surface area contributed by atoms with Gasteiger partial charge in [0.2, 0.25) is 0 Å². The number of carbonyl (C=O) groups is 2. The Morgan fingerprint density at radius 2 is 1.91 bits per heavy atom. The maximum absolute atomic E-state index is 13.1. The van der Waals surface area contributed by atoms with Crippen LogP contribution in [-0.2, 0) is 24.2 Å². The van der Waals surface area contributed by atoms with Gasteiger partial charge in [0.15, 0.2) is 0 Å². The van der Waals surface area contributed by atoms with E-state index in [0.717, 1.165) is 65.7 Å². The predicted molar refractivity (Wildman–Crippen MR) is 153 cm³/mol. The van der Waals surface area contributed by atoms with Crippen molar-refractivity contribution >= 4 is 29.0 Å². The van der Waals surface area contributed by atoms with E-state index in [0.29, 0.717) is 24.9 Å². The Labute approximate surface area is 245 Å². The number of halogens is 3. The molecular formula is C30H32F3N5O5. The number of rotatable bonds is 8. The third-order valence-electron chi connectivity index (χ3n) is 7.66. The SMILES string of the molecule is C[C@@H](Cc1ccco1)Nc1cc[nH]c(=O)c1C1=Nc2cc3c(cc2C1)CN(CCN1CCCC1)C3=O.O=C(O)C(F)(F)F.